The van der Waals surface area contributed by atoms with Crippen LogP contribution in [0.4, 0.5) is 0 Å². The van der Waals surface area contributed by atoms with Crippen LogP contribution in [0.1, 0.15) is 5.56 Å². The molecule has 0 N–H and O–H groups in total. The molecule has 5 rings (SSSR count). The van der Waals surface area contributed by atoms with Gasteiger partial charge in [0.1, 0.15) is 0 Å². The molecule has 0 aliphatic carbocycles. The van der Waals surface area contributed by atoms with Gasteiger partial charge in [-0.2, -0.15) is 5.10 Å². The minimum absolute atomic E-state index is 0.0592. The highest BCUT2D eigenvalue weighted by Crippen LogP contribution is 2.35. The lowest BCUT2D eigenvalue weighted by molar-refractivity contribution is -0.135. The number of hydrogen-bond acceptors (Lipinski definition) is 6. The summed E-state index contributed by atoms with van der Waals surface area (Å²) in [7, 11) is 2.09. The van der Waals surface area contributed by atoms with Crippen LogP contribution in [-0.2, 0) is 4.79 Å². The number of hydrogen-bond donors (Lipinski definition) is 0. The van der Waals surface area contributed by atoms with Gasteiger partial charge in [0.2, 0.25) is 0 Å². The average Bonchev–Trinajstić information content (AvgIpc) is 3.36. The van der Waals surface area contributed by atoms with Crippen molar-refractivity contribution in [2.75, 3.05) is 33.2 Å². The summed E-state index contributed by atoms with van der Waals surface area (Å²) >= 11 is 6.94. The predicted molar refractivity (Wildman–Crippen MR) is 133 cm³/mol. The zero-order chi connectivity index (χ0) is 22.1. The Kier molecular flexibility index (Phi) is 5.93. The van der Waals surface area contributed by atoms with E-state index >= 15 is 0 Å². The number of piperazine rings is 1. The molecule has 0 bridgehead atoms. The second kappa shape index (κ2) is 8.99. The largest absolute Gasteiger partial charge is 0.304 e. The Labute approximate surface area is 197 Å². The van der Waals surface area contributed by atoms with Gasteiger partial charge in [-0.25, -0.2) is 14.7 Å². The summed E-state index contributed by atoms with van der Waals surface area (Å²) in [6.07, 6.45) is 3.89. The van der Waals surface area contributed by atoms with Crippen LogP contribution < -0.4 is 0 Å². The van der Waals surface area contributed by atoms with E-state index in [0.29, 0.717) is 9.23 Å². The third kappa shape index (κ3) is 4.14. The van der Waals surface area contributed by atoms with E-state index < -0.39 is 0 Å². The van der Waals surface area contributed by atoms with Gasteiger partial charge in [-0.1, -0.05) is 72.5 Å². The first kappa shape index (κ1) is 21.1. The fourth-order valence-corrected chi connectivity index (χ4v) is 5.17. The predicted octanol–water partition coefficient (Wildman–Crippen LogP) is 3.90. The Morgan fingerprint density at radius 2 is 1.62 bits per heavy atom. The second-order valence-corrected chi connectivity index (χ2v) is 9.51. The Morgan fingerprint density at radius 1 is 0.969 bits per heavy atom. The van der Waals surface area contributed by atoms with E-state index in [2.05, 4.69) is 17.0 Å². The molecule has 8 heteroatoms. The monoisotopic (exact) mass is 461 g/mol. The van der Waals surface area contributed by atoms with E-state index in [0.717, 1.165) is 48.7 Å². The van der Waals surface area contributed by atoms with Gasteiger partial charge in [0, 0.05) is 43.5 Å². The van der Waals surface area contributed by atoms with E-state index in [4.69, 9.17) is 17.3 Å². The number of rotatable bonds is 4. The van der Waals surface area contributed by atoms with Crippen molar-refractivity contribution >= 4 is 40.3 Å². The fourth-order valence-electron chi connectivity index (χ4n) is 3.87. The molecule has 2 saturated heterocycles. The molecule has 0 saturated carbocycles. The van der Waals surface area contributed by atoms with Gasteiger partial charge in [-0.15, -0.1) is 0 Å². The molecule has 0 spiro atoms. The maximum atomic E-state index is 13.3. The van der Waals surface area contributed by atoms with Crippen molar-refractivity contribution in [1.82, 2.24) is 24.7 Å². The van der Waals surface area contributed by atoms with Gasteiger partial charge in [-0.3, -0.25) is 4.79 Å². The molecule has 0 atom stereocenters. The number of hydrazine groups is 1. The summed E-state index contributed by atoms with van der Waals surface area (Å²) in [6.45, 7) is 3.41. The molecule has 3 heterocycles. The number of aromatic nitrogens is 2. The number of thioether (sulfide) groups is 1. The van der Waals surface area contributed by atoms with Crippen LogP contribution in [0.15, 0.2) is 71.8 Å². The molecule has 2 aliphatic heterocycles. The molecule has 2 aromatic carbocycles. The smallest absolute Gasteiger partial charge is 0.280 e. The molecule has 0 radical (unpaired) electrons. The minimum Gasteiger partial charge on any atom is -0.304 e. The lowest BCUT2D eigenvalue weighted by atomic mass is 10.1. The highest BCUT2D eigenvalue weighted by molar-refractivity contribution is 8.26. The van der Waals surface area contributed by atoms with Gasteiger partial charge < -0.3 is 4.90 Å². The number of thiocarbonyl (C=S) groups is 1. The molecule has 32 heavy (non-hydrogen) atoms. The van der Waals surface area contributed by atoms with E-state index in [1.807, 2.05) is 77.6 Å². The molecular weight excluding hydrogens is 438 g/mol. The molecule has 2 aliphatic rings. The van der Waals surface area contributed by atoms with Crippen LogP contribution in [0.2, 0.25) is 0 Å². The highest BCUT2D eigenvalue weighted by Gasteiger charge is 2.37. The van der Waals surface area contributed by atoms with Crippen molar-refractivity contribution in [3.8, 4) is 16.9 Å². The number of nitrogens with zero attached hydrogens (tertiary/aromatic N) is 5. The normalized spacial score (nSPS) is 19.3. The molecular formula is C24H23N5OS2. The summed E-state index contributed by atoms with van der Waals surface area (Å²) < 4.78 is 2.44. The number of amides is 1. The van der Waals surface area contributed by atoms with Crippen LogP contribution in [0.3, 0.4) is 0 Å². The molecule has 2 fully saturated rings. The maximum Gasteiger partial charge on any atom is 0.280 e. The third-order valence-electron chi connectivity index (χ3n) is 5.63. The first-order valence-electron chi connectivity index (χ1n) is 10.5. The summed E-state index contributed by atoms with van der Waals surface area (Å²) in [5, 5.41) is 8.57. The Bertz CT molecular complexity index is 1170. The summed E-state index contributed by atoms with van der Waals surface area (Å²) in [6, 6.07) is 20.0. The van der Waals surface area contributed by atoms with Crippen molar-refractivity contribution in [2.45, 2.75) is 0 Å². The Balaban J connectivity index is 1.51. The van der Waals surface area contributed by atoms with Crippen LogP contribution >= 0.6 is 24.0 Å². The minimum atomic E-state index is -0.0592. The first-order valence-corrected chi connectivity index (χ1v) is 11.7. The topological polar surface area (TPSA) is 44.6 Å². The maximum absolute atomic E-state index is 13.3. The lowest BCUT2D eigenvalue weighted by Gasteiger charge is -2.37. The van der Waals surface area contributed by atoms with Gasteiger partial charge in [0.15, 0.2) is 4.32 Å². The average molecular weight is 462 g/mol. The van der Waals surface area contributed by atoms with Crippen molar-refractivity contribution in [2.24, 2.45) is 0 Å². The van der Waals surface area contributed by atoms with Gasteiger partial charge in [-0.05, 0) is 25.3 Å². The van der Waals surface area contributed by atoms with E-state index in [-0.39, 0.29) is 5.91 Å². The number of para-hydroxylation sites is 1. The summed E-state index contributed by atoms with van der Waals surface area (Å²) in [5.74, 6) is -0.0592. The van der Waals surface area contributed by atoms with Crippen LogP contribution in [0.25, 0.3) is 23.0 Å². The standard InChI is InChI=1S/C24H23N5OS2/c1-26-12-14-27(15-13-26)29-23(30)21(32-24(29)31)16-19-17-28(20-10-6-3-7-11-20)25-22(19)18-8-4-2-5-9-18/h2-11,16-17H,12-15H2,1H3. The van der Waals surface area contributed by atoms with Gasteiger partial charge in [0.05, 0.1) is 16.3 Å². The number of likely N-dealkylation sites (N-methyl/N-ethyl adjacent to an activating group) is 1. The van der Waals surface area contributed by atoms with E-state index in [9.17, 15) is 4.79 Å². The third-order valence-corrected chi connectivity index (χ3v) is 6.92. The molecule has 162 valence electrons. The zero-order valence-electron chi connectivity index (χ0n) is 17.7. The van der Waals surface area contributed by atoms with Crippen LogP contribution in [-0.4, -0.2) is 68.2 Å². The molecule has 0 unspecified atom stereocenters. The van der Waals surface area contributed by atoms with Crippen LogP contribution in [0.5, 0.6) is 0 Å². The second-order valence-electron chi connectivity index (χ2n) is 7.83. The number of carbonyl (C=O) groups excluding carboxylic acids is 1. The SMILES string of the molecule is CN1CCN(N2C(=O)C(=Cc3cn(-c4ccccc4)nc3-c3ccccc3)SC2=S)CC1. The fraction of sp³-hybridized carbons (Fsp3) is 0.208. The van der Waals surface area contributed by atoms with Crippen molar-refractivity contribution in [1.29, 1.82) is 0 Å². The quantitative estimate of drug-likeness (QED) is 0.434. The molecule has 1 amide bonds. The summed E-state index contributed by atoms with van der Waals surface area (Å²) in [4.78, 5) is 16.2. The van der Waals surface area contributed by atoms with Crippen LogP contribution in [0, 0.1) is 0 Å². The van der Waals surface area contributed by atoms with Gasteiger partial charge >= 0.3 is 0 Å². The van der Waals surface area contributed by atoms with Crippen molar-refractivity contribution in [3.63, 3.8) is 0 Å². The Morgan fingerprint density at radius 3 is 2.31 bits per heavy atom. The van der Waals surface area contributed by atoms with E-state index in [1.54, 1.807) is 5.01 Å². The first-order chi connectivity index (χ1) is 15.6. The van der Waals surface area contributed by atoms with E-state index in [1.165, 1.54) is 11.8 Å². The Hall–Kier alpha value is -2.78. The summed E-state index contributed by atoms with van der Waals surface area (Å²) in [5.41, 5.74) is 3.69. The number of carbonyl (C=O) groups is 1. The number of benzene rings is 2. The molecule has 6 nitrogen and oxygen atoms in total. The highest BCUT2D eigenvalue weighted by atomic mass is 32.2. The van der Waals surface area contributed by atoms with Crippen molar-refractivity contribution in [3.05, 3.63) is 77.3 Å². The zero-order valence-corrected chi connectivity index (χ0v) is 19.4. The van der Waals surface area contributed by atoms with Gasteiger partial charge in [0.25, 0.3) is 5.91 Å². The molecule has 3 aromatic rings. The van der Waals surface area contributed by atoms with Crippen molar-refractivity contribution < 1.29 is 4.79 Å². The lowest BCUT2D eigenvalue weighted by Crippen LogP contribution is -2.54. The molecule has 1 aromatic heterocycles.